The summed E-state index contributed by atoms with van der Waals surface area (Å²) in [5, 5.41) is 4.31. The number of hydrogen-bond donors (Lipinski definition) is 0. The number of oxime groups is 1. The van der Waals surface area contributed by atoms with Crippen LogP contribution in [-0.4, -0.2) is 32.5 Å². The van der Waals surface area contributed by atoms with Crippen molar-refractivity contribution in [2.45, 2.75) is 6.92 Å². The number of carbonyl (C=O) groups is 1. The molecule has 0 N–H and O–H groups in total. The van der Waals surface area contributed by atoms with E-state index in [1.54, 1.807) is 32.2 Å². The summed E-state index contributed by atoms with van der Waals surface area (Å²) in [6.45, 7) is 1.71. The minimum absolute atomic E-state index is 0.277. The molecule has 0 saturated heterocycles. The summed E-state index contributed by atoms with van der Waals surface area (Å²) in [5.74, 6) is 1.07. The van der Waals surface area contributed by atoms with Gasteiger partial charge in [-0.2, -0.15) is 0 Å². The maximum atomic E-state index is 11.2. The number of esters is 1. The number of carbonyl (C=O) groups excluding carboxylic acids is 1. The molecule has 0 radical (unpaired) electrons. The van der Waals surface area contributed by atoms with Crippen LogP contribution in [0.5, 0.6) is 17.2 Å². The van der Waals surface area contributed by atoms with Crippen molar-refractivity contribution in [2.24, 2.45) is 5.16 Å². The third kappa shape index (κ3) is 6.15. The first-order valence-electron chi connectivity index (χ1n) is 9.73. The second kappa shape index (κ2) is 11.4. The molecule has 0 bridgehead atoms. The van der Waals surface area contributed by atoms with Gasteiger partial charge < -0.3 is 19.0 Å². The highest BCUT2D eigenvalue weighted by Gasteiger charge is 2.13. The average molecular weight is 474 g/mol. The molecule has 0 unspecified atom stereocenters. The molecule has 3 rings (SSSR count). The van der Waals surface area contributed by atoms with Crippen LogP contribution >= 0.6 is 23.2 Å². The van der Waals surface area contributed by atoms with E-state index in [0.29, 0.717) is 27.1 Å². The number of nitrogens with zero attached hydrogens (tertiary/aromatic N) is 1. The van der Waals surface area contributed by atoms with E-state index >= 15 is 0 Å². The fraction of sp³-hybridized carbons (Fsp3) is 0.167. The molecule has 0 fully saturated rings. The summed E-state index contributed by atoms with van der Waals surface area (Å²) >= 11 is 12.8. The van der Waals surface area contributed by atoms with Crippen molar-refractivity contribution in [2.75, 3.05) is 20.3 Å². The van der Waals surface area contributed by atoms with Gasteiger partial charge in [-0.1, -0.05) is 58.7 Å². The van der Waals surface area contributed by atoms with Crippen LogP contribution in [0.15, 0.2) is 65.8 Å². The Morgan fingerprint density at radius 2 is 1.75 bits per heavy atom. The standard InChI is InChI=1S/C24H21Cl2NO5/c1-3-30-23(28)15-31-27-14-16-11-20(25)24(21(26)12-16)32-18-9-10-22(29-2)19(13-18)17-7-5-4-6-8-17/h4-14H,3,15H2,1-2H3. The zero-order valence-electron chi connectivity index (χ0n) is 17.5. The lowest BCUT2D eigenvalue weighted by atomic mass is 10.0. The van der Waals surface area contributed by atoms with Crippen LogP contribution < -0.4 is 9.47 Å². The molecular weight excluding hydrogens is 453 g/mol. The van der Waals surface area contributed by atoms with Gasteiger partial charge in [-0.3, -0.25) is 0 Å². The molecular formula is C24H21Cl2NO5. The Labute approximate surface area is 196 Å². The number of rotatable bonds is 9. The normalized spacial score (nSPS) is 10.8. The van der Waals surface area contributed by atoms with Crippen LogP contribution in [0.25, 0.3) is 11.1 Å². The van der Waals surface area contributed by atoms with Gasteiger partial charge in [-0.15, -0.1) is 0 Å². The molecule has 6 nitrogen and oxygen atoms in total. The molecule has 0 aliphatic rings. The predicted molar refractivity (Wildman–Crippen MR) is 125 cm³/mol. The Balaban J connectivity index is 1.77. The molecule has 8 heteroatoms. The highest BCUT2D eigenvalue weighted by Crippen LogP contribution is 2.40. The van der Waals surface area contributed by atoms with Crippen LogP contribution in [0.3, 0.4) is 0 Å². The second-order valence-corrected chi connectivity index (χ2v) is 7.27. The topological polar surface area (TPSA) is 66.4 Å². The third-order valence-electron chi connectivity index (χ3n) is 4.26. The van der Waals surface area contributed by atoms with E-state index in [1.165, 1.54) is 6.21 Å². The number of hydrogen-bond acceptors (Lipinski definition) is 6. The summed E-state index contributed by atoms with van der Waals surface area (Å²) in [4.78, 5) is 16.1. The van der Waals surface area contributed by atoms with Crippen molar-refractivity contribution in [3.63, 3.8) is 0 Å². The van der Waals surface area contributed by atoms with Crippen molar-refractivity contribution in [3.8, 4) is 28.4 Å². The van der Waals surface area contributed by atoms with Gasteiger partial charge in [-0.25, -0.2) is 4.79 Å². The second-order valence-electron chi connectivity index (χ2n) is 6.46. The van der Waals surface area contributed by atoms with Crippen molar-refractivity contribution in [1.29, 1.82) is 0 Å². The van der Waals surface area contributed by atoms with Gasteiger partial charge in [0.25, 0.3) is 0 Å². The number of halogens is 2. The molecule has 0 aromatic heterocycles. The van der Waals surface area contributed by atoms with Crippen molar-refractivity contribution in [3.05, 3.63) is 76.3 Å². The average Bonchev–Trinajstić information content (AvgIpc) is 2.80. The highest BCUT2D eigenvalue weighted by molar-refractivity contribution is 6.37. The van der Waals surface area contributed by atoms with Crippen molar-refractivity contribution >= 4 is 35.4 Å². The lowest BCUT2D eigenvalue weighted by Crippen LogP contribution is -2.10. The molecule has 166 valence electrons. The molecule has 0 saturated carbocycles. The molecule has 0 aliphatic carbocycles. The van der Waals surface area contributed by atoms with Crippen molar-refractivity contribution < 1.29 is 23.8 Å². The van der Waals surface area contributed by atoms with Crippen LogP contribution in [0, 0.1) is 0 Å². The summed E-state index contributed by atoms with van der Waals surface area (Å²) in [5.41, 5.74) is 2.44. The van der Waals surface area contributed by atoms with E-state index in [0.717, 1.165) is 16.9 Å². The number of ether oxygens (including phenoxy) is 3. The minimum atomic E-state index is -0.501. The van der Waals surface area contributed by atoms with Gasteiger partial charge in [-0.05, 0) is 48.4 Å². The van der Waals surface area contributed by atoms with Crippen LogP contribution in [0.2, 0.25) is 10.0 Å². The lowest BCUT2D eigenvalue weighted by Gasteiger charge is -2.14. The monoisotopic (exact) mass is 473 g/mol. The van der Waals surface area contributed by atoms with E-state index in [9.17, 15) is 4.79 Å². The number of methoxy groups -OCH3 is 1. The van der Waals surface area contributed by atoms with Crippen LogP contribution in [-0.2, 0) is 14.4 Å². The van der Waals surface area contributed by atoms with E-state index in [2.05, 4.69) is 5.16 Å². The van der Waals surface area contributed by atoms with E-state index in [4.69, 9.17) is 42.3 Å². The fourth-order valence-electron chi connectivity index (χ4n) is 2.85. The Morgan fingerprint density at radius 1 is 1.03 bits per heavy atom. The first-order chi connectivity index (χ1) is 15.5. The minimum Gasteiger partial charge on any atom is -0.496 e. The lowest BCUT2D eigenvalue weighted by molar-refractivity contribution is -0.148. The molecule has 0 atom stereocenters. The van der Waals surface area contributed by atoms with Gasteiger partial charge in [0, 0.05) is 5.56 Å². The Hall–Kier alpha value is -3.22. The molecule has 3 aromatic carbocycles. The van der Waals surface area contributed by atoms with E-state index in [1.807, 2.05) is 42.5 Å². The van der Waals surface area contributed by atoms with Crippen LogP contribution in [0.1, 0.15) is 12.5 Å². The van der Waals surface area contributed by atoms with Gasteiger partial charge in [0.1, 0.15) is 11.5 Å². The molecule has 3 aromatic rings. The zero-order valence-corrected chi connectivity index (χ0v) is 19.0. The summed E-state index contributed by atoms with van der Waals surface area (Å²) in [7, 11) is 1.62. The van der Waals surface area contributed by atoms with E-state index in [-0.39, 0.29) is 13.2 Å². The highest BCUT2D eigenvalue weighted by atomic mass is 35.5. The Bertz CT molecular complexity index is 1080. The van der Waals surface area contributed by atoms with E-state index < -0.39 is 5.97 Å². The third-order valence-corrected chi connectivity index (χ3v) is 4.82. The maximum Gasteiger partial charge on any atom is 0.347 e. The smallest absolute Gasteiger partial charge is 0.347 e. The fourth-order valence-corrected chi connectivity index (χ4v) is 3.44. The molecule has 0 aliphatic heterocycles. The van der Waals surface area contributed by atoms with Gasteiger partial charge in [0.2, 0.25) is 6.61 Å². The summed E-state index contributed by atoms with van der Waals surface area (Å²) in [6, 6.07) is 18.5. The maximum absolute atomic E-state index is 11.2. The molecule has 0 amide bonds. The SMILES string of the molecule is CCOC(=O)CON=Cc1cc(Cl)c(Oc2ccc(OC)c(-c3ccccc3)c2)c(Cl)c1. The van der Waals surface area contributed by atoms with Gasteiger partial charge in [0.05, 0.1) is 30.0 Å². The largest absolute Gasteiger partial charge is 0.496 e. The molecule has 0 spiro atoms. The Kier molecular flexibility index (Phi) is 8.36. The zero-order chi connectivity index (χ0) is 22.9. The molecule has 32 heavy (non-hydrogen) atoms. The first-order valence-corrected chi connectivity index (χ1v) is 10.5. The summed E-state index contributed by atoms with van der Waals surface area (Å²) in [6.07, 6.45) is 1.39. The molecule has 0 heterocycles. The van der Waals surface area contributed by atoms with Gasteiger partial charge >= 0.3 is 5.97 Å². The summed E-state index contributed by atoms with van der Waals surface area (Å²) < 4.78 is 16.2. The Morgan fingerprint density at radius 3 is 2.41 bits per heavy atom. The van der Waals surface area contributed by atoms with Crippen molar-refractivity contribution in [1.82, 2.24) is 0 Å². The van der Waals surface area contributed by atoms with Gasteiger partial charge in [0.15, 0.2) is 5.75 Å². The first kappa shape index (κ1) is 23.4. The predicted octanol–water partition coefficient (Wildman–Crippen LogP) is 6.37. The number of benzene rings is 3. The van der Waals surface area contributed by atoms with Crippen LogP contribution in [0.4, 0.5) is 0 Å². The quantitative estimate of drug-likeness (QED) is 0.205.